The van der Waals surface area contributed by atoms with Crippen LogP contribution in [0.25, 0.3) is 0 Å². The zero-order chi connectivity index (χ0) is 21.1. The Hall–Kier alpha value is -0.570. The first-order chi connectivity index (χ1) is 14.1. The summed E-state index contributed by atoms with van der Waals surface area (Å²) < 4.78 is 0. The number of hydrogen-bond acceptors (Lipinski definition) is 3. The summed E-state index contributed by atoms with van der Waals surface area (Å²) in [4.78, 5) is 22.1. The van der Waals surface area contributed by atoms with Crippen molar-refractivity contribution in [1.29, 1.82) is 0 Å². The van der Waals surface area contributed by atoms with Gasteiger partial charge in [-0.15, -0.1) is 24.0 Å². The van der Waals surface area contributed by atoms with Crippen molar-refractivity contribution in [3.8, 4) is 0 Å². The first kappa shape index (κ1) is 27.5. The first-order valence-electron chi connectivity index (χ1n) is 12.2. The third-order valence-electron chi connectivity index (χ3n) is 6.79. The molecule has 0 unspecified atom stereocenters. The van der Waals surface area contributed by atoms with Crippen molar-refractivity contribution in [2.45, 2.75) is 78.7 Å². The maximum Gasteiger partial charge on any atom is 0.225 e. The van der Waals surface area contributed by atoms with Crippen molar-refractivity contribution in [1.82, 2.24) is 20.4 Å². The predicted octanol–water partition coefficient (Wildman–Crippen LogP) is 3.71. The molecular formula is C23H46IN5O. The average molecular weight is 536 g/mol. The highest BCUT2D eigenvalue weighted by Gasteiger charge is 2.26. The first-order valence-corrected chi connectivity index (χ1v) is 12.2. The van der Waals surface area contributed by atoms with Gasteiger partial charge in [0.1, 0.15) is 0 Å². The summed E-state index contributed by atoms with van der Waals surface area (Å²) in [6.45, 7) is 15.8. The Kier molecular flexibility index (Phi) is 14.0. The van der Waals surface area contributed by atoms with Crippen molar-refractivity contribution < 1.29 is 4.79 Å². The van der Waals surface area contributed by atoms with Gasteiger partial charge >= 0.3 is 0 Å². The second kappa shape index (κ2) is 15.3. The minimum Gasteiger partial charge on any atom is -0.357 e. The molecule has 2 N–H and O–H groups in total. The van der Waals surface area contributed by atoms with E-state index in [9.17, 15) is 4.79 Å². The van der Waals surface area contributed by atoms with E-state index < -0.39 is 0 Å². The number of nitrogens with zero attached hydrogens (tertiary/aromatic N) is 3. The van der Waals surface area contributed by atoms with Gasteiger partial charge in [-0.1, -0.05) is 20.8 Å². The second-order valence-electron chi connectivity index (χ2n) is 8.68. The molecule has 0 aliphatic carbocycles. The Morgan fingerprint density at radius 3 is 2.17 bits per heavy atom. The van der Waals surface area contributed by atoms with Gasteiger partial charge in [-0.25, -0.2) is 0 Å². The number of guanidine groups is 1. The van der Waals surface area contributed by atoms with E-state index in [1.54, 1.807) is 0 Å². The van der Waals surface area contributed by atoms with Crippen LogP contribution in [-0.4, -0.2) is 73.5 Å². The highest BCUT2D eigenvalue weighted by molar-refractivity contribution is 14.0. The Bertz CT molecular complexity index is 496. The molecule has 0 aromatic heterocycles. The van der Waals surface area contributed by atoms with Crippen molar-refractivity contribution >= 4 is 35.8 Å². The predicted molar refractivity (Wildman–Crippen MR) is 138 cm³/mol. The van der Waals surface area contributed by atoms with Crippen LogP contribution in [-0.2, 0) is 4.79 Å². The van der Waals surface area contributed by atoms with Crippen LogP contribution in [0, 0.1) is 11.8 Å². The molecule has 1 amide bonds. The number of halogens is 1. The Balaban J connectivity index is 0.00000450. The number of piperidine rings is 2. The molecule has 6 nitrogen and oxygen atoms in total. The molecule has 2 aliphatic heterocycles. The third-order valence-corrected chi connectivity index (χ3v) is 6.79. The van der Waals surface area contributed by atoms with E-state index in [0.29, 0.717) is 11.9 Å². The van der Waals surface area contributed by atoms with Crippen LogP contribution < -0.4 is 10.6 Å². The van der Waals surface area contributed by atoms with Gasteiger partial charge in [0.15, 0.2) is 5.96 Å². The van der Waals surface area contributed by atoms with Crippen molar-refractivity contribution in [2.24, 2.45) is 16.8 Å². The minimum absolute atomic E-state index is 0. The van der Waals surface area contributed by atoms with Crippen LogP contribution in [0.3, 0.4) is 0 Å². The van der Waals surface area contributed by atoms with E-state index in [4.69, 9.17) is 4.99 Å². The normalized spacial score (nSPS) is 19.6. The highest BCUT2D eigenvalue weighted by atomic mass is 127. The Morgan fingerprint density at radius 2 is 1.63 bits per heavy atom. The van der Waals surface area contributed by atoms with Crippen LogP contribution in [0.4, 0.5) is 0 Å². The second-order valence-corrected chi connectivity index (χ2v) is 8.68. The molecule has 0 atom stereocenters. The molecule has 0 saturated carbocycles. The lowest BCUT2D eigenvalue weighted by atomic mass is 9.94. The quantitative estimate of drug-likeness (QED) is 0.269. The molecule has 0 spiro atoms. The molecule has 2 rings (SSSR count). The topological polar surface area (TPSA) is 60.0 Å². The number of carbonyl (C=O) groups is 1. The average Bonchev–Trinajstić information content (AvgIpc) is 2.75. The molecule has 2 saturated heterocycles. The van der Waals surface area contributed by atoms with Gasteiger partial charge in [0.05, 0.1) is 0 Å². The van der Waals surface area contributed by atoms with Gasteiger partial charge < -0.3 is 20.4 Å². The molecule has 2 aliphatic rings. The zero-order valence-electron chi connectivity index (χ0n) is 19.8. The van der Waals surface area contributed by atoms with Gasteiger partial charge in [0, 0.05) is 38.1 Å². The molecular weight excluding hydrogens is 489 g/mol. The summed E-state index contributed by atoms with van der Waals surface area (Å²) >= 11 is 0. The maximum absolute atomic E-state index is 12.6. The highest BCUT2D eigenvalue weighted by Crippen LogP contribution is 2.20. The largest absolute Gasteiger partial charge is 0.357 e. The molecule has 7 heteroatoms. The summed E-state index contributed by atoms with van der Waals surface area (Å²) in [6.07, 6.45) is 7.73. The van der Waals surface area contributed by atoms with Crippen molar-refractivity contribution in [2.75, 3.05) is 45.8 Å². The molecule has 2 heterocycles. The van der Waals surface area contributed by atoms with Crippen LogP contribution >= 0.6 is 24.0 Å². The third kappa shape index (κ3) is 8.89. The number of hydrogen-bond donors (Lipinski definition) is 2. The SMILES string of the molecule is CCNC(=NCCC1CCN(CC)CC1)NC1CCN(C(=O)C(CC)CC)CC1.I. The Morgan fingerprint density at radius 1 is 1.00 bits per heavy atom. The summed E-state index contributed by atoms with van der Waals surface area (Å²) in [5.41, 5.74) is 0. The molecule has 176 valence electrons. The fraction of sp³-hybridized carbons (Fsp3) is 0.913. The fourth-order valence-corrected chi connectivity index (χ4v) is 4.60. The molecule has 30 heavy (non-hydrogen) atoms. The lowest BCUT2D eigenvalue weighted by molar-refractivity contribution is -0.136. The minimum atomic E-state index is 0. The monoisotopic (exact) mass is 535 g/mol. The molecule has 2 fully saturated rings. The molecule has 0 radical (unpaired) electrons. The van der Waals surface area contributed by atoms with E-state index in [-0.39, 0.29) is 29.9 Å². The maximum atomic E-state index is 12.6. The van der Waals surface area contributed by atoms with Crippen molar-refractivity contribution in [3.63, 3.8) is 0 Å². The van der Waals surface area contributed by atoms with Crippen LogP contribution in [0.1, 0.15) is 72.6 Å². The van der Waals surface area contributed by atoms with Crippen molar-refractivity contribution in [3.05, 3.63) is 0 Å². The van der Waals surface area contributed by atoms with Gasteiger partial charge in [-0.05, 0) is 77.4 Å². The van der Waals surface area contributed by atoms with E-state index >= 15 is 0 Å². The number of aliphatic imine (C=N–C) groups is 1. The smallest absolute Gasteiger partial charge is 0.225 e. The molecule has 0 bridgehead atoms. The molecule has 0 aromatic rings. The van der Waals surface area contributed by atoms with Crippen LogP contribution in [0.15, 0.2) is 4.99 Å². The fourth-order valence-electron chi connectivity index (χ4n) is 4.60. The van der Waals surface area contributed by atoms with E-state index in [0.717, 1.165) is 63.7 Å². The summed E-state index contributed by atoms with van der Waals surface area (Å²) in [5.74, 6) is 2.32. The van der Waals surface area contributed by atoms with Gasteiger partial charge in [-0.3, -0.25) is 9.79 Å². The summed E-state index contributed by atoms with van der Waals surface area (Å²) in [6, 6.07) is 0.409. The van der Waals surface area contributed by atoms with Crippen LogP contribution in [0.5, 0.6) is 0 Å². The summed E-state index contributed by atoms with van der Waals surface area (Å²) in [5, 5.41) is 7.02. The molecule has 0 aromatic carbocycles. The number of carbonyl (C=O) groups excluding carboxylic acids is 1. The number of nitrogens with one attached hydrogen (secondary N) is 2. The van der Waals surface area contributed by atoms with E-state index in [1.165, 1.54) is 38.9 Å². The lowest BCUT2D eigenvalue weighted by Crippen LogP contribution is -2.50. The lowest BCUT2D eigenvalue weighted by Gasteiger charge is -2.35. The van der Waals surface area contributed by atoms with Crippen LogP contribution in [0.2, 0.25) is 0 Å². The summed E-state index contributed by atoms with van der Waals surface area (Å²) in [7, 11) is 0. The van der Waals surface area contributed by atoms with Gasteiger partial charge in [-0.2, -0.15) is 0 Å². The standard InChI is InChI=1S/C23H45N5O.HI/c1-5-20(6-2)22(29)28-17-12-21(13-18-28)26-23(24-7-3)25-14-9-19-10-15-27(8-4)16-11-19;/h19-21H,5-18H2,1-4H3,(H2,24,25,26);1H. The van der Waals surface area contributed by atoms with Gasteiger partial charge in [0.2, 0.25) is 5.91 Å². The van der Waals surface area contributed by atoms with E-state index in [2.05, 4.69) is 48.1 Å². The Labute approximate surface area is 202 Å². The van der Waals surface area contributed by atoms with Gasteiger partial charge in [0.25, 0.3) is 0 Å². The van der Waals surface area contributed by atoms with E-state index in [1.807, 2.05) is 0 Å². The number of rotatable bonds is 9. The zero-order valence-corrected chi connectivity index (χ0v) is 22.1. The number of likely N-dealkylation sites (tertiary alicyclic amines) is 2. The number of amides is 1.